The number of rotatable bonds is 5. The number of benzene rings is 2. The maximum absolute atomic E-state index is 13.5. The predicted molar refractivity (Wildman–Crippen MR) is 105 cm³/mol. The van der Waals surface area contributed by atoms with E-state index >= 15 is 0 Å². The van der Waals surface area contributed by atoms with E-state index in [9.17, 15) is 27.9 Å². The third-order valence-electron chi connectivity index (χ3n) is 4.04. The van der Waals surface area contributed by atoms with Crippen molar-refractivity contribution >= 4 is 44.4 Å². The maximum Gasteiger partial charge on any atom is 0.432 e. The SMILES string of the molecule is CCOC(=O)C(O)(c1ccc2nc(NC(=O)Nc3ccccc3)sc2c1)C(F)(F)F. The molecule has 0 spiro atoms. The Kier molecular flexibility index (Phi) is 5.94. The van der Waals surface area contributed by atoms with Gasteiger partial charge < -0.3 is 15.2 Å². The minimum atomic E-state index is -5.30. The summed E-state index contributed by atoms with van der Waals surface area (Å²) in [6.07, 6.45) is -5.30. The monoisotopic (exact) mass is 439 g/mol. The van der Waals surface area contributed by atoms with Crippen LogP contribution in [-0.2, 0) is 15.1 Å². The molecule has 3 aromatic rings. The van der Waals surface area contributed by atoms with Crippen LogP contribution in [-0.4, -0.2) is 34.9 Å². The smallest absolute Gasteiger partial charge is 0.432 e. The molecule has 0 fully saturated rings. The number of urea groups is 1. The van der Waals surface area contributed by atoms with E-state index in [0.29, 0.717) is 5.69 Å². The fraction of sp³-hybridized carbons (Fsp3) is 0.211. The van der Waals surface area contributed by atoms with Crippen LogP contribution in [0, 0.1) is 0 Å². The second kappa shape index (κ2) is 8.28. The number of anilines is 2. The Bertz CT molecular complexity index is 1070. The van der Waals surface area contributed by atoms with Gasteiger partial charge in [0.15, 0.2) is 5.13 Å². The lowest BCUT2D eigenvalue weighted by atomic mass is 9.93. The maximum atomic E-state index is 13.5. The highest BCUT2D eigenvalue weighted by Crippen LogP contribution is 2.41. The Balaban J connectivity index is 1.88. The number of hydrogen-bond acceptors (Lipinski definition) is 6. The molecule has 158 valence electrons. The molecule has 1 atom stereocenters. The molecular weight excluding hydrogens is 423 g/mol. The third kappa shape index (κ3) is 4.21. The van der Waals surface area contributed by atoms with E-state index in [-0.39, 0.29) is 22.0 Å². The van der Waals surface area contributed by atoms with Crippen molar-refractivity contribution in [2.75, 3.05) is 17.2 Å². The third-order valence-corrected chi connectivity index (χ3v) is 4.97. The Labute approximate surface area is 172 Å². The molecule has 2 amide bonds. The molecular formula is C19H16F3N3O4S. The highest BCUT2D eigenvalue weighted by atomic mass is 32.1. The summed E-state index contributed by atoms with van der Waals surface area (Å²) in [7, 11) is 0. The molecule has 0 aliphatic carbocycles. The molecule has 2 aromatic carbocycles. The minimum Gasteiger partial charge on any atom is -0.463 e. The van der Waals surface area contributed by atoms with E-state index < -0.39 is 29.3 Å². The van der Waals surface area contributed by atoms with E-state index in [1.54, 1.807) is 30.3 Å². The van der Waals surface area contributed by atoms with Crippen molar-refractivity contribution in [2.45, 2.75) is 18.7 Å². The largest absolute Gasteiger partial charge is 0.463 e. The lowest BCUT2D eigenvalue weighted by Crippen LogP contribution is -2.50. The van der Waals surface area contributed by atoms with Gasteiger partial charge in [-0.25, -0.2) is 14.6 Å². The van der Waals surface area contributed by atoms with Crippen LogP contribution < -0.4 is 10.6 Å². The number of para-hydroxylation sites is 1. The van der Waals surface area contributed by atoms with Crippen LogP contribution in [0.1, 0.15) is 12.5 Å². The van der Waals surface area contributed by atoms with Crippen LogP contribution >= 0.6 is 11.3 Å². The zero-order valence-electron chi connectivity index (χ0n) is 15.5. The molecule has 3 rings (SSSR count). The Morgan fingerprint density at radius 2 is 1.83 bits per heavy atom. The van der Waals surface area contributed by atoms with Gasteiger partial charge in [0, 0.05) is 11.3 Å². The number of carbonyl (C=O) groups excluding carboxylic acids is 2. The Morgan fingerprint density at radius 3 is 2.47 bits per heavy atom. The van der Waals surface area contributed by atoms with Crippen LogP contribution in [0.5, 0.6) is 0 Å². The molecule has 0 radical (unpaired) electrons. The molecule has 1 unspecified atom stereocenters. The van der Waals surface area contributed by atoms with Gasteiger partial charge in [-0.2, -0.15) is 13.2 Å². The number of thiazole rings is 1. The van der Waals surface area contributed by atoms with Crippen molar-refractivity contribution in [3.8, 4) is 0 Å². The zero-order chi connectivity index (χ0) is 21.9. The average Bonchev–Trinajstić information content (AvgIpc) is 3.08. The Hall–Kier alpha value is -3.18. The van der Waals surface area contributed by atoms with E-state index in [2.05, 4.69) is 20.4 Å². The number of nitrogens with one attached hydrogen (secondary N) is 2. The standard InChI is InChI=1S/C19H16F3N3O4S/c1-2-29-15(26)18(28,19(20,21)22)11-8-9-13-14(10-11)30-17(24-13)25-16(27)23-12-6-4-3-5-7-12/h3-10,28H,2H2,1H3,(H2,23,24,25,27). The summed E-state index contributed by atoms with van der Waals surface area (Å²) in [5.41, 5.74) is -3.69. The van der Waals surface area contributed by atoms with Gasteiger partial charge in [-0.05, 0) is 31.2 Å². The number of fused-ring (bicyclic) bond motifs is 1. The summed E-state index contributed by atoms with van der Waals surface area (Å²) in [5.74, 6) is -1.82. The molecule has 3 N–H and O–H groups in total. The number of ether oxygens (including phenoxy) is 1. The molecule has 0 aliphatic rings. The first kappa shape index (κ1) is 21.5. The number of nitrogens with zero attached hydrogens (tertiary/aromatic N) is 1. The van der Waals surface area contributed by atoms with Crippen molar-refractivity contribution in [1.82, 2.24) is 4.98 Å². The van der Waals surface area contributed by atoms with Gasteiger partial charge in [-0.15, -0.1) is 0 Å². The summed E-state index contributed by atoms with van der Waals surface area (Å²) in [5, 5.41) is 15.4. The predicted octanol–water partition coefficient (Wildman–Crippen LogP) is 4.25. The average molecular weight is 439 g/mol. The van der Waals surface area contributed by atoms with Gasteiger partial charge >= 0.3 is 18.2 Å². The van der Waals surface area contributed by atoms with Gasteiger partial charge in [0.2, 0.25) is 0 Å². The highest BCUT2D eigenvalue weighted by Gasteiger charge is 2.62. The zero-order valence-corrected chi connectivity index (χ0v) is 16.3. The van der Waals surface area contributed by atoms with Gasteiger partial charge in [-0.3, -0.25) is 5.32 Å². The van der Waals surface area contributed by atoms with Crippen LogP contribution in [0.4, 0.5) is 28.8 Å². The fourth-order valence-corrected chi connectivity index (χ4v) is 3.52. The number of aliphatic hydroxyl groups is 1. The quantitative estimate of drug-likeness (QED) is 0.516. The van der Waals surface area contributed by atoms with Crippen LogP contribution in [0.25, 0.3) is 10.2 Å². The summed E-state index contributed by atoms with van der Waals surface area (Å²) in [6, 6.07) is 11.2. The van der Waals surface area contributed by atoms with Gasteiger partial charge in [-0.1, -0.05) is 35.6 Å². The number of hydrogen-bond donors (Lipinski definition) is 3. The van der Waals surface area contributed by atoms with E-state index in [1.807, 2.05) is 0 Å². The molecule has 30 heavy (non-hydrogen) atoms. The van der Waals surface area contributed by atoms with E-state index in [1.165, 1.54) is 13.0 Å². The van der Waals surface area contributed by atoms with Crippen LogP contribution in [0.2, 0.25) is 0 Å². The molecule has 0 saturated carbocycles. The molecule has 0 aliphatic heterocycles. The first-order chi connectivity index (χ1) is 14.1. The highest BCUT2D eigenvalue weighted by molar-refractivity contribution is 7.22. The Morgan fingerprint density at radius 1 is 1.13 bits per heavy atom. The molecule has 1 aromatic heterocycles. The molecule has 0 bridgehead atoms. The normalized spacial score (nSPS) is 13.5. The number of aromatic nitrogens is 1. The number of carbonyl (C=O) groups is 2. The number of esters is 1. The fourth-order valence-electron chi connectivity index (χ4n) is 2.62. The number of halogens is 3. The van der Waals surface area contributed by atoms with Crippen molar-refractivity contribution in [1.29, 1.82) is 0 Å². The van der Waals surface area contributed by atoms with Crippen molar-refractivity contribution in [3.63, 3.8) is 0 Å². The number of alkyl halides is 3. The molecule has 7 nitrogen and oxygen atoms in total. The van der Waals surface area contributed by atoms with E-state index in [4.69, 9.17) is 0 Å². The van der Waals surface area contributed by atoms with Gasteiger partial charge in [0.05, 0.1) is 16.8 Å². The van der Waals surface area contributed by atoms with Crippen molar-refractivity contribution in [2.24, 2.45) is 0 Å². The second-order valence-electron chi connectivity index (χ2n) is 6.08. The topological polar surface area (TPSA) is 101 Å². The first-order valence-corrected chi connectivity index (χ1v) is 9.47. The summed E-state index contributed by atoms with van der Waals surface area (Å²) in [6.45, 7) is 1.00. The second-order valence-corrected chi connectivity index (χ2v) is 7.11. The van der Waals surface area contributed by atoms with Crippen LogP contribution in [0.15, 0.2) is 48.5 Å². The van der Waals surface area contributed by atoms with Gasteiger partial charge in [0.1, 0.15) is 0 Å². The molecule has 0 saturated heterocycles. The summed E-state index contributed by atoms with van der Waals surface area (Å²) >= 11 is 0.889. The van der Waals surface area contributed by atoms with Crippen molar-refractivity contribution in [3.05, 3.63) is 54.1 Å². The van der Waals surface area contributed by atoms with Crippen molar-refractivity contribution < 1.29 is 32.6 Å². The number of amides is 2. The van der Waals surface area contributed by atoms with Crippen LogP contribution in [0.3, 0.4) is 0 Å². The molecule has 1 heterocycles. The summed E-state index contributed by atoms with van der Waals surface area (Å²) in [4.78, 5) is 28.1. The minimum absolute atomic E-state index is 0.127. The first-order valence-electron chi connectivity index (χ1n) is 8.65. The lowest BCUT2D eigenvalue weighted by Gasteiger charge is -2.28. The van der Waals surface area contributed by atoms with Gasteiger partial charge in [0.25, 0.3) is 5.60 Å². The van der Waals surface area contributed by atoms with E-state index in [0.717, 1.165) is 23.5 Å². The molecule has 11 heteroatoms. The summed E-state index contributed by atoms with van der Waals surface area (Å²) < 4.78 is 45.2. The lowest BCUT2D eigenvalue weighted by molar-refractivity contribution is -0.267.